The van der Waals surface area contributed by atoms with Gasteiger partial charge in [-0.25, -0.2) is 14.5 Å². The molecule has 1 atom stereocenters. The molecule has 0 radical (unpaired) electrons. The summed E-state index contributed by atoms with van der Waals surface area (Å²) < 4.78 is 6.83. The number of hydrogen-bond donors (Lipinski definition) is 2. The molecule has 0 saturated heterocycles. The first-order valence-electron chi connectivity index (χ1n) is 6.97. The van der Waals surface area contributed by atoms with E-state index in [2.05, 4.69) is 20.7 Å². The van der Waals surface area contributed by atoms with Gasteiger partial charge in [-0.3, -0.25) is 0 Å². The summed E-state index contributed by atoms with van der Waals surface area (Å²) >= 11 is 1.65. The number of amides is 2. The Kier molecular flexibility index (Phi) is 5.02. The fourth-order valence-electron chi connectivity index (χ4n) is 2.11. The lowest BCUT2D eigenvalue weighted by Gasteiger charge is -2.11. The van der Waals surface area contributed by atoms with E-state index >= 15 is 0 Å². The Balaban J connectivity index is 1.93. The second kappa shape index (κ2) is 6.78. The minimum Gasteiger partial charge on any atom is -0.480 e. The molecule has 22 heavy (non-hydrogen) atoms. The van der Waals surface area contributed by atoms with Crippen LogP contribution in [0.2, 0.25) is 0 Å². The van der Waals surface area contributed by atoms with E-state index in [-0.39, 0.29) is 11.9 Å². The molecule has 1 unspecified atom stereocenters. The molecule has 0 aliphatic carbocycles. The van der Waals surface area contributed by atoms with Gasteiger partial charge in [-0.2, -0.15) is 5.10 Å². The van der Waals surface area contributed by atoms with Gasteiger partial charge in [0.15, 0.2) is 0 Å². The van der Waals surface area contributed by atoms with E-state index < -0.39 is 0 Å². The zero-order valence-corrected chi connectivity index (χ0v) is 14.2. The van der Waals surface area contributed by atoms with Gasteiger partial charge in [0.1, 0.15) is 5.69 Å². The smallest absolute Gasteiger partial charge is 0.319 e. The summed E-state index contributed by atoms with van der Waals surface area (Å²) in [6.45, 7) is 6.39. The Morgan fingerprint density at radius 2 is 2.23 bits per heavy atom. The predicted molar refractivity (Wildman–Crippen MR) is 86.8 cm³/mol. The van der Waals surface area contributed by atoms with Crippen molar-refractivity contribution in [1.29, 1.82) is 0 Å². The molecule has 2 heterocycles. The molecule has 2 N–H and O–H groups in total. The number of thiazole rings is 1. The number of anilines is 1. The van der Waals surface area contributed by atoms with Crippen LogP contribution in [0.1, 0.15) is 28.4 Å². The highest BCUT2D eigenvalue weighted by atomic mass is 32.1. The first kappa shape index (κ1) is 16.3. The van der Waals surface area contributed by atoms with Crippen LogP contribution in [0.5, 0.6) is 5.88 Å². The molecule has 2 aromatic rings. The van der Waals surface area contributed by atoms with Gasteiger partial charge in [0, 0.05) is 30.6 Å². The number of nitrogens with one attached hydrogen (secondary N) is 2. The molecule has 0 spiro atoms. The monoisotopic (exact) mass is 323 g/mol. The van der Waals surface area contributed by atoms with Crippen molar-refractivity contribution in [3.05, 3.63) is 21.8 Å². The first-order chi connectivity index (χ1) is 10.4. The van der Waals surface area contributed by atoms with E-state index in [1.807, 2.05) is 27.0 Å². The highest BCUT2D eigenvalue weighted by Gasteiger charge is 2.17. The molecular formula is C14H21N5O2S. The number of carbonyl (C=O) groups is 1. The molecule has 2 amide bonds. The molecule has 0 saturated carbocycles. The maximum absolute atomic E-state index is 12.1. The van der Waals surface area contributed by atoms with Crippen molar-refractivity contribution in [2.75, 3.05) is 19.0 Å². The minimum atomic E-state index is -0.283. The highest BCUT2D eigenvalue weighted by Crippen LogP contribution is 2.27. The Hall–Kier alpha value is -2.09. The summed E-state index contributed by atoms with van der Waals surface area (Å²) in [5.41, 5.74) is 1.29. The maximum Gasteiger partial charge on any atom is 0.319 e. The van der Waals surface area contributed by atoms with Crippen LogP contribution in [0.4, 0.5) is 10.5 Å². The molecule has 120 valence electrons. The lowest BCUT2D eigenvalue weighted by Crippen LogP contribution is -2.32. The molecule has 7 nitrogen and oxygen atoms in total. The largest absolute Gasteiger partial charge is 0.480 e. The maximum atomic E-state index is 12.1. The molecule has 0 aliphatic heterocycles. The van der Waals surface area contributed by atoms with Crippen molar-refractivity contribution in [3.8, 4) is 5.88 Å². The van der Waals surface area contributed by atoms with Crippen molar-refractivity contribution in [3.63, 3.8) is 0 Å². The molecule has 0 fully saturated rings. The van der Waals surface area contributed by atoms with Gasteiger partial charge in [-0.05, 0) is 13.8 Å². The Morgan fingerprint density at radius 3 is 2.82 bits per heavy atom. The normalized spacial score (nSPS) is 12.0. The molecule has 0 bridgehead atoms. The van der Waals surface area contributed by atoms with Crippen molar-refractivity contribution in [2.45, 2.75) is 26.7 Å². The van der Waals surface area contributed by atoms with Crippen LogP contribution in [-0.4, -0.2) is 34.5 Å². The number of nitrogens with zero attached hydrogens (tertiary/aromatic N) is 3. The highest BCUT2D eigenvalue weighted by molar-refractivity contribution is 7.11. The summed E-state index contributed by atoms with van der Waals surface area (Å²) in [4.78, 5) is 17.6. The van der Waals surface area contributed by atoms with E-state index in [1.54, 1.807) is 30.2 Å². The third-order valence-electron chi connectivity index (χ3n) is 3.23. The quantitative estimate of drug-likeness (QED) is 0.885. The SMILES string of the molecule is COc1c(NC(=O)NCC(C)c2ncc(C)s2)c(C)nn1C. The zero-order valence-electron chi connectivity index (χ0n) is 13.4. The number of aromatic nitrogens is 3. The Morgan fingerprint density at radius 1 is 1.50 bits per heavy atom. The van der Waals surface area contributed by atoms with Gasteiger partial charge in [0.2, 0.25) is 5.88 Å². The third-order valence-corrected chi connectivity index (χ3v) is 4.38. The van der Waals surface area contributed by atoms with Crippen molar-refractivity contribution in [2.24, 2.45) is 7.05 Å². The van der Waals surface area contributed by atoms with Gasteiger partial charge in [0.05, 0.1) is 17.8 Å². The van der Waals surface area contributed by atoms with Crippen LogP contribution in [0.3, 0.4) is 0 Å². The van der Waals surface area contributed by atoms with Crippen LogP contribution in [0, 0.1) is 13.8 Å². The number of methoxy groups -OCH3 is 1. The second-order valence-corrected chi connectivity index (χ2v) is 6.40. The van der Waals surface area contributed by atoms with Gasteiger partial charge < -0.3 is 15.4 Å². The van der Waals surface area contributed by atoms with Crippen LogP contribution < -0.4 is 15.4 Å². The zero-order chi connectivity index (χ0) is 16.3. The lowest BCUT2D eigenvalue weighted by atomic mass is 10.2. The van der Waals surface area contributed by atoms with Crippen LogP contribution in [0.15, 0.2) is 6.20 Å². The predicted octanol–water partition coefficient (Wildman–Crippen LogP) is 2.43. The number of aryl methyl sites for hydroxylation is 3. The van der Waals surface area contributed by atoms with E-state index in [1.165, 1.54) is 4.88 Å². The summed E-state index contributed by atoms with van der Waals surface area (Å²) in [5, 5.41) is 10.9. The number of hydrogen-bond acceptors (Lipinski definition) is 5. The standard InChI is InChI=1S/C14H21N5O2S/c1-8(12-15-7-9(2)22-12)6-16-14(20)17-11-10(3)18-19(4)13(11)21-5/h7-8H,6H2,1-5H3,(H2,16,17,20). The molecule has 0 aliphatic rings. The number of carbonyl (C=O) groups excluding carboxylic acids is 1. The molecule has 2 rings (SSSR count). The average Bonchev–Trinajstić information content (AvgIpc) is 3.01. The summed E-state index contributed by atoms with van der Waals surface area (Å²) in [6, 6.07) is -0.283. The molecule has 8 heteroatoms. The fourth-order valence-corrected chi connectivity index (χ4v) is 2.93. The Bertz CT molecular complexity index is 664. The van der Waals surface area contributed by atoms with Gasteiger partial charge in [0.25, 0.3) is 0 Å². The number of ether oxygens (including phenoxy) is 1. The topological polar surface area (TPSA) is 81.1 Å². The average molecular weight is 323 g/mol. The number of rotatable bonds is 5. The minimum absolute atomic E-state index is 0.168. The first-order valence-corrected chi connectivity index (χ1v) is 7.78. The van der Waals surface area contributed by atoms with Crippen LogP contribution in [-0.2, 0) is 7.05 Å². The Labute approximate surface area is 133 Å². The van der Waals surface area contributed by atoms with E-state index in [4.69, 9.17) is 4.74 Å². The second-order valence-electron chi connectivity index (χ2n) is 5.14. The molecule has 2 aromatic heterocycles. The van der Waals surface area contributed by atoms with E-state index in [0.29, 0.717) is 23.8 Å². The lowest BCUT2D eigenvalue weighted by molar-refractivity contribution is 0.251. The molecule has 0 aromatic carbocycles. The third kappa shape index (κ3) is 3.56. The summed E-state index contributed by atoms with van der Waals surface area (Å²) in [5.74, 6) is 0.692. The van der Waals surface area contributed by atoms with Gasteiger partial charge >= 0.3 is 6.03 Å². The van der Waals surface area contributed by atoms with E-state index in [0.717, 1.165) is 5.01 Å². The number of urea groups is 1. The van der Waals surface area contributed by atoms with Gasteiger partial charge in [-0.15, -0.1) is 11.3 Å². The van der Waals surface area contributed by atoms with E-state index in [9.17, 15) is 4.79 Å². The summed E-state index contributed by atoms with van der Waals surface area (Å²) in [6.07, 6.45) is 1.85. The van der Waals surface area contributed by atoms with Crippen LogP contribution in [0.25, 0.3) is 0 Å². The van der Waals surface area contributed by atoms with Crippen molar-refractivity contribution in [1.82, 2.24) is 20.1 Å². The fraction of sp³-hybridized carbons (Fsp3) is 0.500. The van der Waals surface area contributed by atoms with Crippen molar-refractivity contribution < 1.29 is 9.53 Å². The summed E-state index contributed by atoms with van der Waals surface area (Å²) in [7, 11) is 3.31. The van der Waals surface area contributed by atoms with Gasteiger partial charge in [-0.1, -0.05) is 6.92 Å². The van der Waals surface area contributed by atoms with Crippen molar-refractivity contribution >= 4 is 23.1 Å². The van der Waals surface area contributed by atoms with Crippen LogP contribution >= 0.6 is 11.3 Å². The molecular weight excluding hydrogens is 302 g/mol.